The van der Waals surface area contributed by atoms with Gasteiger partial charge in [0.05, 0.1) is 17.7 Å². The van der Waals surface area contributed by atoms with Crippen molar-refractivity contribution in [2.75, 3.05) is 7.11 Å². The number of carbonyl (C=O) groups is 1. The van der Waals surface area contributed by atoms with E-state index in [1.807, 2.05) is 36.4 Å². The minimum atomic E-state index is -0.521. The van der Waals surface area contributed by atoms with Crippen molar-refractivity contribution in [1.29, 1.82) is 5.41 Å². The molecule has 0 saturated heterocycles. The molecular weight excluding hydrogens is 519 g/mol. The Balaban J connectivity index is 1.39. The van der Waals surface area contributed by atoms with Crippen LogP contribution in [0.4, 0.5) is 0 Å². The van der Waals surface area contributed by atoms with Crippen molar-refractivity contribution in [3.05, 3.63) is 99.0 Å². The lowest BCUT2D eigenvalue weighted by Crippen LogP contribution is -2.35. The molecule has 180 valence electrons. The minimum absolute atomic E-state index is 0.0717. The molecule has 2 aliphatic rings. The normalized spacial score (nSPS) is 16.1. The van der Waals surface area contributed by atoms with Gasteiger partial charge in [-0.2, -0.15) is 15.1 Å². The number of thioether (sulfide) groups is 1. The standard InChI is InChI=1S/C26H18Cl2N4O3S/c1-34-22-13-15(10-11-21(22)35-14-16-6-2-4-8-19(16)27)12-18-23(29)32-26(30-24(18)33)36-25(31-32)17-7-3-5-9-20(17)28/h2-13,29H,14H2,1H3. The third kappa shape index (κ3) is 4.75. The van der Waals surface area contributed by atoms with Crippen LogP contribution in [0.15, 0.2) is 82.4 Å². The van der Waals surface area contributed by atoms with Crippen molar-refractivity contribution >= 4 is 63.0 Å². The summed E-state index contributed by atoms with van der Waals surface area (Å²) in [6, 6.07) is 19.9. The summed E-state index contributed by atoms with van der Waals surface area (Å²) in [6.45, 7) is 0.273. The van der Waals surface area contributed by atoms with Crippen LogP contribution >= 0.6 is 35.0 Å². The highest BCUT2D eigenvalue weighted by Crippen LogP contribution is 2.34. The number of carbonyl (C=O) groups excluding carboxylic acids is 1. The fourth-order valence-electron chi connectivity index (χ4n) is 3.57. The predicted molar refractivity (Wildman–Crippen MR) is 144 cm³/mol. The number of hydrogen-bond donors (Lipinski definition) is 1. The number of ether oxygens (including phenoxy) is 2. The first-order valence-corrected chi connectivity index (χ1v) is 12.3. The molecule has 7 nitrogen and oxygen atoms in total. The summed E-state index contributed by atoms with van der Waals surface area (Å²) in [6.07, 6.45) is 1.58. The molecule has 0 atom stereocenters. The van der Waals surface area contributed by atoms with Gasteiger partial charge in [-0.25, -0.2) is 0 Å². The highest BCUT2D eigenvalue weighted by molar-refractivity contribution is 8.27. The Morgan fingerprint density at radius 1 is 1.03 bits per heavy atom. The lowest BCUT2D eigenvalue weighted by Gasteiger charge is -2.20. The summed E-state index contributed by atoms with van der Waals surface area (Å²) >= 11 is 13.7. The number of rotatable bonds is 6. The van der Waals surface area contributed by atoms with Gasteiger partial charge in [0.25, 0.3) is 5.91 Å². The molecule has 0 aliphatic carbocycles. The van der Waals surface area contributed by atoms with Crippen LogP contribution in [0.3, 0.4) is 0 Å². The van der Waals surface area contributed by atoms with Gasteiger partial charge < -0.3 is 9.47 Å². The minimum Gasteiger partial charge on any atom is -0.493 e. The fraction of sp³-hybridized carbons (Fsp3) is 0.0769. The first-order chi connectivity index (χ1) is 17.4. The van der Waals surface area contributed by atoms with Gasteiger partial charge in [-0.1, -0.05) is 65.7 Å². The molecule has 0 bridgehead atoms. The van der Waals surface area contributed by atoms with Gasteiger partial charge in [-0.05, 0) is 47.7 Å². The number of amides is 1. The van der Waals surface area contributed by atoms with E-state index in [9.17, 15) is 4.79 Å². The molecule has 5 rings (SSSR count). The van der Waals surface area contributed by atoms with Crippen LogP contribution in [0.25, 0.3) is 6.08 Å². The highest BCUT2D eigenvalue weighted by atomic mass is 35.5. The number of hydrogen-bond acceptors (Lipinski definition) is 6. The zero-order chi connectivity index (χ0) is 25.2. The number of nitrogens with zero attached hydrogens (tertiary/aromatic N) is 3. The molecule has 3 aromatic rings. The quantitative estimate of drug-likeness (QED) is 0.376. The van der Waals surface area contributed by atoms with E-state index in [1.165, 1.54) is 23.9 Å². The summed E-state index contributed by atoms with van der Waals surface area (Å²) in [5, 5.41) is 16.5. The van der Waals surface area contributed by atoms with Crippen molar-refractivity contribution in [3.8, 4) is 11.5 Å². The van der Waals surface area contributed by atoms with E-state index in [0.717, 1.165) is 5.56 Å². The molecule has 0 aromatic heterocycles. The molecule has 0 saturated carbocycles. The maximum atomic E-state index is 12.8. The Labute approximate surface area is 221 Å². The summed E-state index contributed by atoms with van der Waals surface area (Å²) in [7, 11) is 1.53. The monoisotopic (exact) mass is 536 g/mol. The number of methoxy groups -OCH3 is 1. The van der Waals surface area contributed by atoms with E-state index < -0.39 is 5.91 Å². The van der Waals surface area contributed by atoms with E-state index in [4.69, 9.17) is 38.1 Å². The second kappa shape index (κ2) is 10.2. The number of amidine groups is 2. The van der Waals surface area contributed by atoms with Crippen LogP contribution in [0.5, 0.6) is 11.5 Å². The third-order valence-electron chi connectivity index (χ3n) is 5.40. The Hall–Kier alpha value is -3.59. The first-order valence-electron chi connectivity index (χ1n) is 10.7. The molecule has 3 aromatic carbocycles. The van der Waals surface area contributed by atoms with E-state index in [1.54, 1.807) is 36.4 Å². The predicted octanol–water partition coefficient (Wildman–Crippen LogP) is 6.25. The largest absolute Gasteiger partial charge is 0.493 e. The molecule has 1 N–H and O–H groups in total. The number of halogens is 2. The zero-order valence-electron chi connectivity index (χ0n) is 18.9. The summed E-state index contributed by atoms with van der Waals surface area (Å²) in [4.78, 5) is 16.9. The maximum Gasteiger partial charge on any atom is 0.283 e. The Bertz CT molecular complexity index is 1490. The van der Waals surface area contributed by atoms with Crippen LogP contribution in [0.2, 0.25) is 10.0 Å². The number of hydrazone groups is 1. The van der Waals surface area contributed by atoms with Crippen molar-refractivity contribution in [3.63, 3.8) is 0 Å². The van der Waals surface area contributed by atoms with Crippen LogP contribution < -0.4 is 9.47 Å². The van der Waals surface area contributed by atoms with Crippen molar-refractivity contribution < 1.29 is 14.3 Å². The Morgan fingerprint density at radius 3 is 2.53 bits per heavy atom. The average Bonchev–Trinajstić information content (AvgIpc) is 3.30. The van der Waals surface area contributed by atoms with Crippen LogP contribution in [0, 0.1) is 5.41 Å². The number of aliphatic imine (C=N–C) groups is 1. The molecular formula is C26H18Cl2N4O3S. The van der Waals surface area contributed by atoms with Gasteiger partial charge in [-0.15, -0.1) is 0 Å². The number of benzene rings is 3. The fourth-order valence-corrected chi connectivity index (χ4v) is 4.97. The average molecular weight is 537 g/mol. The van der Waals surface area contributed by atoms with Crippen LogP contribution in [-0.2, 0) is 11.4 Å². The molecule has 0 radical (unpaired) electrons. The Kier molecular flexibility index (Phi) is 6.82. The first kappa shape index (κ1) is 24.1. The summed E-state index contributed by atoms with van der Waals surface area (Å²) in [5.74, 6) is 0.408. The summed E-state index contributed by atoms with van der Waals surface area (Å²) in [5.41, 5.74) is 2.31. The van der Waals surface area contributed by atoms with E-state index >= 15 is 0 Å². The molecule has 0 unspecified atom stereocenters. The molecule has 2 aliphatic heterocycles. The van der Waals surface area contributed by atoms with E-state index in [0.29, 0.717) is 42.9 Å². The van der Waals surface area contributed by atoms with Gasteiger partial charge in [0, 0.05) is 16.1 Å². The third-order valence-corrected chi connectivity index (χ3v) is 7.04. The molecule has 1 amide bonds. The molecule has 36 heavy (non-hydrogen) atoms. The Morgan fingerprint density at radius 2 is 1.78 bits per heavy atom. The lowest BCUT2D eigenvalue weighted by molar-refractivity contribution is -0.114. The topological polar surface area (TPSA) is 87.3 Å². The number of fused-ring (bicyclic) bond motifs is 1. The van der Waals surface area contributed by atoms with Gasteiger partial charge in [-0.3, -0.25) is 10.2 Å². The van der Waals surface area contributed by atoms with Gasteiger partial charge in [0.2, 0.25) is 5.17 Å². The maximum absolute atomic E-state index is 12.8. The SMILES string of the molecule is COc1cc(C=C2C(=N)N3N=C(c4ccccc4Cl)SC3=NC2=O)ccc1OCc1ccccc1Cl. The smallest absolute Gasteiger partial charge is 0.283 e. The van der Waals surface area contributed by atoms with Crippen molar-refractivity contribution in [2.45, 2.75) is 6.61 Å². The second-order valence-corrected chi connectivity index (χ2v) is 9.47. The highest BCUT2D eigenvalue weighted by Gasteiger charge is 2.36. The summed E-state index contributed by atoms with van der Waals surface area (Å²) < 4.78 is 11.4. The van der Waals surface area contributed by atoms with Crippen LogP contribution in [0.1, 0.15) is 16.7 Å². The lowest BCUT2D eigenvalue weighted by atomic mass is 10.1. The van der Waals surface area contributed by atoms with Crippen molar-refractivity contribution in [2.24, 2.45) is 10.1 Å². The number of nitrogens with one attached hydrogen (secondary N) is 1. The van der Waals surface area contributed by atoms with Gasteiger partial charge in [0.15, 0.2) is 17.3 Å². The van der Waals surface area contributed by atoms with Crippen molar-refractivity contribution in [1.82, 2.24) is 5.01 Å². The molecule has 0 spiro atoms. The van der Waals surface area contributed by atoms with Gasteiger partial charge >= 0.3 is 0 Å². The van der Waals surface area contributed by atoms with Gasteiger partial charge in [0.1, 0.15) is 11.7 Å². The van der Waals surface area contributed by atoms with Crippen LogP contribution in [-0.4, -0.2) is 34.1 Å². The molecule has 0 fully saturated rings. The van der Waals surface area contributed by atoms with E-state index in [2.05, 4.69) is 10.1 Å². The molecule has 2 heterocycles. The van der Waals surface area contributed by atoms with E-state index in [-0.39, 0.29) is 18.0 Å². The zero-order valence-corrected chi connectivity index (χ0v) is 21.2. The second-order valence-electron chi connectivity index (χ2n) is 7.70. The molecule has 10 heteroatoms.